The third-order valence-corrected chi connectivity index (χ3v) is 1.53. The van der Waals surface area contributed by atoms with Gasteiger partial charge in [0.15, 0.2) is 0 Å². The number of amides is 1. The Balaban J connectivity index is 3.85. The van der Waals surface area contributed by atoms with Crippen LogP contribution >= 0.6 is 12.2 Å². The van der Waals surface area contributed by atoms with Crippen LogP contribution in [0, 0.1) is 5.92 Å². The van der Waals surface area contributed by atoms with Crippen LogP contribution in [0.15, 0.2) is 0 Å². The van der Waals surface area contributed by atoms with Crippen LogP contribution in [0.4, 0.5) is 0 Å². The van der Waals surface area contributed by atoms with Crippen LogP contribution in [0.3, 0.4) is 0 Å². The minimum Gasteiger partial charge on any atom is -0.392 e. The zero-order chi connectivity index (χ0) is 9.72. The maximum atomic E-state index is 11.3. The van der Waals surface area contributed by atoms with Gasteiger partial charge >= 0.3 is 0 Å². The van der Waals surface area contributed by atoms with Crippen LogP contribution in [0.25, 0.3) is 0 Å². The summed E-state index contributed by atoms with van der Waals surface area (Å²) in [6.45, 7) is 4.39. The molecule has 0 radical (unpaired) electrons. The van der Waals surface area contributed by atoms with Gasteiger partial charge in [0.2, 0.25) is 5.91 Å². The summed E-state index contributed by atoms with van der Waals surface area (Å²) < 4.78 is 0. The van der Waals surface area contributed by atoms with Crippen LogP contribution in [0.1, 0.15) is 20.3 Å². The molecule has 0 rings (SSSR count). The molecule has 0 aromatic rings. The molecule has 70 valence electrons. The third kappa shape index (κ3) is 5.07. The first-order chi connectivity index (χ1) is 5.43. The SMILES string of the molecule is CC(C)CC(=O)N(C)CC(N)=S. The average molecular weight is 188 g/mol. The number of carbonyl (C=O) groups is 1. The van der Waals surface area contributed by atoms with Crippen LogP contribution in [0.2, 0.25) is 0 Å². The highest BCUT2D eigenvalue weighted by atomic mass is 32.1. The summed E-state index contributed by atoms with van der Waals surface area (Å²) in [5.74, 6) is 0.476. The van der Waals surface area contributed by atoms with E-state index in [1.54, 1.807) is 11.9 Å². The highest BCUT2D eigenvalue weighted by Gasteiger charge is 2.10. The van der Waals surface area contributed by atoms with E-state index in [2.05, 4.69) is 12.2 Å². The van der Waals surface area contributed by atoms with Gasteiger partial charge in [-0.15, -0.1) is 0 Å². The van der Waals surface area contributed by atoms with Crippen molar-refractivity contribution in [1.82, 2.24) is 4.90 Å². The second-order valence-corrected chi connectivity index (χ2v) is 3.84. The van der Waals surface area contributed by atoms with Crippen molar-refractivity contribution >= 4 is 23.1 Å². The molecule has 2 N–H and O–H groups in total. The molecule has 0 saturated carbocycles. The van der Waals surface area contributed by atoms with Gasteiger partial charge in [-0.05, 0) is 5.92 Å². The summed E-state index contributed by atoms with van der Waals surface area (Å²) in [5.41, 5.74) is 5.30. The quantitative estimate of drug-likeness (QED) is 0.663. The van der Waals surface area contributed by atoms with Gasteiger partial charge in [-0.1, -0.05) is 26.1 Å². The van der Waals surface area contributed by atoms with E-state index >= 15 is 0 Å². The summed E-state index contributed by atoms with van der Waals surface area (Å²) in [7, 11) is 1.71. The largest absolute Gasteiger partial charge is 0.392 e. The number of nitrogens with two attached hydrogens (primary N) is 1. The van der Waals surface area contributed by atoms with Crippen LogP contribution in [0.5, 0.6) is 0 Å². The number of likely N-dealkylation sites (N-methyl/N-ethyl adjacent to an activating group) is 1. The van der Waals surface area contributed by atoms with Gasteiger partial charge in [-0.3, -0.25) is 4.79 Å². The Hall–Kier alpha value is -0.640. The lowest BCUT2D eigenvalue weighted by Crippen LogP contribution is -2.34. The first kappa shape index (κ1) is 11.4. The van der Waals surface area contributed by atoms with Crippen molar-refractivity contribution in [3.63, 3.8) is 0 Å². The maximum absolute atomic E-state index is 11.3. The third-order valence-electron chi connectivity index (χ3n) is 1.40. The van der Waals surface area contributed by atoms with Crippen LogP contribution < -0.4 is 5.73 Å². The normalized spacial score (nSPS) is 10.0. The number of nitrogens with zero attached hydrogens (tertiary/aromatic N) is 1. The maximum Gasteiger partial charge on any atom is 0.222 e. The van der Waals surface area contributed by atoms with E-state index in [0.717, 1.165) is 0 Å². The van der Waals surface area contributed by atoms with E-state index < -0.39 is 0 Å². The number of thiocarbonyl (C=S) groups is 1. The molecule has 4 heteroatoms. The molecule has 0 bridgehead atoms. The highest BCUT2D eigenvalue weighted by molar-refractivity contribution is 7.80. The molecule has 0 aromatic heterocycles. The van der Waals surface area contributed by atoms with E-state index in [4.69, 9.17) is 5.73 Å². The number of rotatable bonds is 4. The van der Waals surface area contributed by atoms with Crippen LogP contribution in [-0.4, -0.2) is 29.4 Å². The Morgan fingerprint density at radius 3 is 2.42 bits per heavy atom. The summed E-state index contributed by atoms with van der Waals surface area (Å²) in [4.78, 5) is 13.2. The second kappa shape index (κ2) is 5.09. The van der Waals surface area contributed by atoms with Gasteiger partial charge in [0, 0.05) is 13.5 Å². The fourth-order valence-electron chi connectivity index (χ4n) is 0.827. The monoisotopic (exact) mass is 188 g/mol. The summed E-state index contributed by atoms with van der Waals surface area (Å²) >= 11 is 4.69. The molecule has 0 aliphatic carbocycles. The predicted octanol–water partition coefficient (Wildman–Crippen LogP) is 0.777. The minimum absolute atomic E-state index is 0.0952. The Morgan fingerprint density at radius 1 is 1.58 bits per heavy atom. The summed E-state index contributed by atoms with van der Waals surface area (Å²) in [6, 6.07) is 0. The van der Waals surface area contributed by atoms with Crippen molar-refractivity contribution in [3.05, 3.63) is 0 Å². The zero-order valence-electron chi connectivity index (χ0n) is 7.83. The molecule has 12 heavy (non-hydrogen) atoms. The van der Waals surface area contributed by atoms with Gasteiger partial charge in [-0.2, -0.15) is 0 Å². The van der Waals surface area contributed by atoms with Gasteiger partial charge in [0.05, 0.1) is 11.5 Å². The smallest absolute Gasteiger partial charge is 0.222 e. The minimum atomic E-state index is 0.0952. The van der Waals surface area contributed by atoms with E-state index in [0.29, 0.717) is 23.9 Å². The van der Waals surface area contributed by atoms with E-state index in [9.17, 15) is 4.79 Å². The average Bonchev–Trinajstić information content (AvgIpc) is 1.84. The molecule has 1 amide bonds. The molecule has 0 aliphatic heterocycles. The van der Waals surface area contributed by atoms with Gasteiger partial charge < -0.3 is 10.6 Å². The Bertz CT molecular complexity index is 180. The predicted molar refractivity (Wildman–Crippen MR) is 53.9 cm³/mol. The highest BCUT2D eigenvalue weighted by Crippen LogP contribution is 2.01. The second-order valence-electron chi connectivity index (χ2n) is 3.31. The van der Waals surface area contributed by atoms with E-state index in [-0.39, 0.29) is 5.91 Å². The summed E-state index contributed by atoms with van der Waals surface area (Å²) in [5, 5.41) is 0. The Kier molecular flexibility index (Phi) is 4.81. The van der Waals surface area contributed by atoms with Crippen molar-refractivity contribution in [2.24, 2.45) is 11.7 Å². The lowest BCUT2D eigenvalue weighted by Gasteiger charge is -2.17. The lowest BCUT2D eigenvalue weighted by atomic mass is 10.1. The van der Waals surface area contributed by atoms with Crippen molar-refractivity contribution in [2.75, 3.05) is 13.6 Å². The van der Waals surface area contributed by atoms with Crippen LogP contribution in [-0.2, 0) is 4.79 Å². The molecule has 0 heterocycles. The Labute approximate surface area is 78.9 Å². The molecule has 0 atom stereocenters. The van der Waals surface area contributed by atoms with E-state index in [1.165, 1.54) is 0 Å². The topological polar surface area (TPSA) is 46.3 Å². The first-order valence-electron chi connectivity index (χ1n) is 3.95. The number of hydrogen-bond acceptors (Lipinski definition) is 2. The zero-order valence-corrected chi connectivity index (χ0v) is 8.65. The van der Waals surface area contributed by atoms with E-state index in [1.807, 2.05) is 13.8 Å². The molecule has 0 unspecified atom stereocenters. The fraction of sp³-hybridized carbons (Fsp3) is 0.750. The van der Waals surface area contributed by atoms with Gasteiger partial charge in [-0.25, -0.2) is 0 Å². The Morgan fingerprint density at radius 2 is 2.08 bits per heavy atom. The van der Waals surface area contributed by atoms with Crippen molar-refractivity contribution < 1.29 is 4.79 Å². The van der Waals surface area contributed by atoms with Crippen molar-refractivity contribution in [2.45, 2.75) is 20.3 Å². The number of carbonyl (C=O) groups excluding carboxylic acids is 1. The molecule has 3 nitrogen and oxygen atoms in total. The first-order valence-corrected chi connectivity index (χ1v) is 4.36. The molecular formula is C8H16N2OS. The lowest BCUT2D eigenvalue weighted by molar-refractivity contribution is -0.129. The molecule has 0 aromatic carbocycles. The molecular weight excluding hydrogens is 172 g/mol. The van der Waals surface area contributed by atoms with Gasteiger partial charge in [0.25, 0.3) is 0 Å². The van der Waals surface area contributed by atoms with Crippen molar-refractivity contribution in [3.8, 4) is 0 Å². The van der Waals surface area contributed by atoms with Crippen molar-refractivity contribution in [1.29, 1.82) is 0 Å². The molecule has 0 aliphatic rings. The number of hydrogen-bond donors (Lipinski definition) is 1. The molecule has 0 spiro atoms. The summed E-state index contributed by atoms with van der Waals surface area (Å²) in [6.07, 6.45) is 0.555. The molecule has 0 fully saturated rings. The van der Waals surface area contributed by atoms with Gasteiger partial charge in [0.1, 0.15) is 0 Å². The fourth-order valence-corrected chi connectivity index (χ4v) is 1.02. The molecule has 0 saturated heterocycles. The standard InChI is InChI=1S/C8H16N2OS/c1-6(2)4-8(11)10(3)5-7(9)12/h6H,4-5H2,1-3H3,(H2,9,12).